The van der Waals surface area contributed by atoms with E-state index >= 15 is 0 Å². The van der Waals surface area contributed by atoms with Crippen molar-refractivity contribution in [3.63, 3.8) is 0 Å². The number of halogens is 1. The van der Waals surface area contributed by atoms with Gasteiger partial charge in [0.05, 0.1) is 0 Å². The predicted octanol–water partition coefficient (Wildman–Crippen LogP) is 3.06. The van der Waals surface area contributed by atoms with Crippen LogP contribution >= 0.6 is 11.6 Å². The fourth-order valence-corrected chi connectivity index (χ4v) is 3.33. The van der Waals surface area contributed by atoms with Crippen molar-refractivity contribution in [3.05, 3.63) is 46.4 Å². The van der Waals surface area contributed by atoms with Crippen molar-refractivity contribution in [2.45, 2.75) is 0 Å². The molecule has 2 aromatic rings. The second-order valence-corrected chi connectivity index (χ2v) is 4.79. The molecular formula is C10H7ClSe. The van der Waals surface area contributed by atoms with Gasteiger partial charge >= 0.3 is 82.5 Å². The van der Waals surface area contributed by atoms with Crippen LogP contribution in [0.5, 0.6) is 0 Å². The van der Waals surface area contributed by atoms with Gasteiger partial charge in [-0.05, 0) is 0 Å². The van der Waals surface area contributed by atoms with E-state index in [9.17, 15) is 0 Å². The third kappa shape index (κ3) is 1.49. The van der Waals surface area contributed by atoms with Gasteiger partial charge in [-0.3, -0.25) is 0 Å². The molecule has 2 heteroatoms. The minimum absolute atomic E-state index is 0.429. The molecule has 0 nitrogen and oxygen atoms in total. The Bertz CT molecular complexity index is 364. The molecule has 0 atom stereocenters. The van der Waals surface area contributed by atoms with Crippen LogP contribution in [-0.2, 0) is 0 Å². The van der Waals surface area contributed by atoms with Crippen molar-refractivity contribution in [2.75, 3.05) is 0 Å². The SMILES string of the molecule is Clc1cc[se]c1-c1ccccc1. The van der Waals surface area contributed by atoms with Gasteiger partial charge in [0.2, 0.25) is 0 Å². The van der Waals surface area contributed by atoms with Crippen LogP contribution in [0.15, 0.2) is 41.3 Å². The van der Waals surface area contributed by atoms with Gasteiger partial charge in [0.15, 0.2) is 0 Å². The Kier molecular flexibility index (Phi) is 2.36. The van der Waals surface area contributed by atoms with Crippen molar-refractivity contribution in [1.82, 2.24) is 0 Å². The quantitative estimate of drug-likeness (QED) is 0.673. The number of rotatable bonds is 1. The van der Waals surface area contributed by atoms with Crippen LogP contribution in [0.4, 0.5) is 0 Å². The summed E-state index contributed by atoms with van der Waals surface area (Å²) in [7, 11) is 0. The van der Waals surface area contributed by atoms with Gasteiger partial charge in [-0.2, -0.15) is 0 Å². The maximum absolute atomic E-state index is 6.02. The van der Waals surface area contributed by atoms with E-state index in [0.29, 0.717) is 14.5 Å². The molecule has 0 aliphatic rings. The topological polar surface area (TPSA) is 0 Å². The molecule has 0 amide bonds. The summed E-state index contributed by atoms with van der Waals surface area (Å²) in [6.45, 7) is 0. The predicted molar refractivity (Wildman–Crippen MR) is 53.8 cm³/mol. The fourth-order valence-electron chi connectivity index (χ4n) is 1.09. The molecule has 0 fully saturated rings. The molecule has 0 N–H and O–H groups in total. The van der Waals surface area contributed by atoms with Crippen LogP contribution in [0.3, 0.4) is 0 Å². The van der Waals surface area contributed by atoms with Gasteiger partial charge in [-0.1, -0.05) is 0 Å². The Morgan fingerprint density at radius 3 is 2.33 bits per heavy atom. The Labute approximate surface area is 82.5 Å². The van der Waals surface area contributed by atoms with Crippen molar-refractivity contribution in [3.8, 4) is 10.0 Å². The van der Waals surface area contributed by atoms with E-state index in [2.05, 4.69) is 17.1 Å². The van der Waals surface area contributed by atoms with Crippen LogP contribution < -0.4 is 0 Å². The molecule has 1 aromatic carbocycles. The summed E-state index contributed by atoms with van der Waals surface area (Å²) in [5.41, 5.74) is 1.26. The van der Waals surface area contributed by atoms with Crippen molar-refractivity contribution >= 4 is 26.1 Å². The van der Waals surface area contributed by atoms with Gasteiger partial charge in [-0.25, -0.2) is 0 Å². The zero-order chi connectivity index (χ0) is 8.39. The summed E-state index contributed by atoms with van der Waals surface area (Å²) in [6.07, 6.45) is 0. The number of hydrogen-bond donors (Lipinski definition) is 0. The monoisotopic (exact) mass is 242 g/mol. The first-order valence-corrected chi connectivity index (χ1v) is 5.89. The number of benzene rings is 1. The first-order valence-electron chi connectivity index (χ1n) is 3.66. The van der Waals surface area contributed by atoms with Crippen molar-refractivity contribution < 1.29 is 0 Å². The van der Waals surface area contributed by atoms with Crippen LogP contribution in [-0.4, -0.2) is 14.5 Å². The first-order chi connectivity index (χ1) is 5.88. The van der Waals surface area contributed by atoms with Gasteiger partial charge in [0.1, 0.15) is 0 Å². The van der Waals surface area contributed by atoms with Gasteiger partial charge in [0, 0.05) is 0 Å². The third-order valence-electron chi connectivity index (χ3n) is 1.65. The van der Waals surface area contributed by atoms with Crippen molar-refractivity contribution in [2.24, 2.45) is 0 Å². The average molecular weight is 242 g/mol. The second-order valence-electron chi connectivity index (χ2n) is 2.46. The molecule has 0 bridgehead atoms. The van der Waals surface area contributed by atoms with E-state index in [1.807, 2.05) is 24.3 Å². The normalized spacial score (nSPS) is 10.1. The molecule has 12 heavy (non-hydrogen) atoms. The molecule has 60 valence electrons. The molecular weight excluding hydrogens is 235 g/mol. The molecule has 0 saturated heterocycles. The molecule has 0 radical (unpaired) electrons. The van der Waals surface area contributed by atoms with E-state index in [-0.39, 0.29) is 0 Å². The van der Waals surface area contributed by atoms with E-state index in [0.717, 1.165) is 5.02 Å². The van der Waals surface area contributed by atoms with Gasteiger partial charge < -0.3 is 0 Å². The van der Waals surface area contributed by atoms with E-state index in [4.69, 9.17) is 11.6 Å². The molecule has 1 aromatic heterocycles. The first kappa shape index (κ1) is 8.12. The summed E-state index contributed by atoms with van der Waals surface area (Å²) < 4.78 is 1.30. The zero-order valence-electron chi connectivity index (χ0n) is 6.33. The van der Waals surface area contributed by atoms with Crippen LogP contribution in [0.2, 0.25) is 5.02 Å². The molecule has 0 spiro atoms. The second kappa shape index (κ2) is 3.49. The standard InChI is InChI=1S/C10H7ClSe/c11-9-6-7-12-10(9)8-4-2-1-3-5-8/h1-7H. The summed E-state index contributed by atoms with van der Waals surface area (Å²) >= 11 is 6.45. The fraction of sp³-hybridized carbons (Fsp3) is 0. The van der Waals surface area contributed by atoms with Crippen molar-refractivity contribution in [1.29, 1.82) is 0 Å². The van der Waals surface area contributed by atoms with E-state index in [1.54, 1.807) is 0 Å². The summed E-state index contributed by atoms with van der Waals surface area (Å²) in [5, 5.41) is 0.904. The summed E-state index contributed by atoms with van der Waals surface area (Å²) in [6, 6.07) is 12.3. The molecule has 0 aliphatic heterocycles. The van der Waals surface area contributed by atoms with Crippen LogP contribution in [0.1, 0.15) is 0 Å². The maximum atomic E-state index is 6.02. The molecule has 1 heterocycles. The Hall–Kier alpha value is -0.491. The Morgan fingerprint density at radius 1 is 1.00 bits per heavy atom. The molecule has 0 saturated carbocycles. The van der Waals surface area contributed by atoms with E-state index in [1.165, 1.54) is 10.0 Å². The van der Waals surface area contributed by atoms with Crippen LogP contribution in [0.25, 0.3) is 10.0 Å². The average Bonchev–Trinajstić information content (AvgIpc) is 2.53. The number of hydrogen-bond acceptors (Lipinski definition) is 0. The third-order valence-corrected chi connectivity index (χ3v) is 4.24. The molecule has 0 unspecified atom stereocenters. The Morgan fingerprint density at radius 2 is 1.75 bits per heavy atom. The zero-order valence-corrected chi connectivity index (χ0v) is 8.80. The Balaban J connectivity index is 2.51. The summed E-state index contributed by atoms with van der Waals surface area (Å²) in [5.74, 6) is 0. The minimum atomic E-state index is 0.429. The molecule has 0 aliphatic carbocycles. The van der Waals surface area contributed by atoms with Crippen LogP contribution in [0, 0.1) is 0 Å². The van der Waals surface area contributed by atoms with E-state index < -0.39 is 0 Å². The molecule has 2 rings (SSSR count). The summed E-state index contributed by atoms with van der Waals surface area (Å²) in [4.78, 5) is 2.15. The van der Waals surface area contributed by atoms with Gasteiger partial charge in [-0.15, -0.1) is 0 Å². The van der Waals surface area contributed by atoms with Gasteiger partial charge in [0.25, 0.3) is 0 Å².